The van der Waals surface area contributed by atoms with E-state index in [4.69, 9.17) is 9.47 Å². The summed E-state index contributed by atoms with van der Waals surface area (Å²) in [6.07, 6.45) is 0.909. The molecule has 0 spiro atoms. The normalized spacial score (nSPS) is 13.1. The summed E-state index contributed by atoms with van der Waals surface area (Å²) in [6, 6.07) is 16.2. The molecule has 150 valence electrons. The van der Waals surface area contributed by atoms with Crippen molar-refractivity contribution in [2.24, 2.45) is 0 Å². The third kappa shape index (κ3) is 3.94. The summed E-state index contributed by atoms with van der Waals surface area (Å²) >= 11 is 0. The van der Waals surface area contributed by atoms with Crippen molar-refractivity contribution in [3.63, 3.8) is 0 Å². The fraction of sp³-hybridized carbons (Fsp3) is 0.318. The number of esters is 1. The molecule has 1 aromatic heterocycles. The molecule has 0 atom stereocenters. The fourth-order valence-corrected chi connectivity index (χ4v) is 3.64. The molecule has 1 aliphatic heterocycles. The molecule has 3 aromatic rings. The molecule has 29 heavy (non-hydrogen) atoms. The minimum Gasteiger partial charge on any atom is -0.497 e. The number of nitrogens with zero attached hydrogens (tertiary/aromatic N) is 4. The molecule has 0 saturated heterocycles. The summed E-state index contributed by atoms with van der Waals surface area (Å²) in [4.78, 5) is 14.7. The van der Waals surface area contributed by atoms with E-state index in [1.807, 2.05) is 30.3 Å². The predicted molar refractivity (Wildman–Crippen MR) is 109 cm³/mol. The molecule has 0 amide bonds. The van der Waals surface area contributed by atoms with E-state index in [0.717, 1.165) is 24.3 Å². The van der Waals surface area contributed by atoms with Crippen LogP contribution in [-0.2, 0) is 24.2 Å². The number of hydrogen-bond donors (Lipinski definition) is 0. The number of carbonyl (C=O) groups is 1. The molecule has 0 unspecified atom stereocenters. The Hall–Kier alpha value is -3.35. The van der Waals surface area contributed by atoms with Crippen LogP contribution in [0.2, 0.25) is 0 Å². The Balaban J connectivity index is 1.67. The van der Waals surface area contributed by atoms with Crippen LogP contribution in [0.5, 0.6) is 5.75 Å². The van der Waals surface area contributed by atoms with Crippen LogP contribution in [0.3, 0.4) is 0 Å². The molecule has 0 N–H and O–H groups in total. The number of fused-ring (bicyclic) bond motifs is 1. The first-order valence-corrected chi connectivity index (χ1v) is 9.75. The summed E-state index contributed by atoms with van der Waals surface area (Å²) in [7, 11) is 1.64. The monoisotopic (exact) mass is 392 g/mol. The average molecular weight is 392 g/mol. The Kier molecular flexibility index (Phi) is 5.46. The Morgan fingerprint density at radius 3 is 2.59 bits per heavy atom. The number of rotatable bonds is 6. The minimum atomic E-state index is -0.442. The number of hydrogen-bond acceptors (Lipinski definition) is 6. The van der Waals surface area contributed by atoms with Gasteiger partial charge in [-0.05, 0) is 42.2 Å². The van der Waals surface area contributed by atoms with Crippen molar-refractivity contribution < 1.29 is 14.3 Å². The maximum Gasteiger partial charge on any atom is 0.362 e. The van der Waals surface area contributed by atoms with Gasteiger partial charge >= 0.3 is 5.97 Å². The van der Waals surface area contributed by atoms with Gasteiger partial charge in [0.05, 0.1) is 20.3 Å². The number of ether oxygens (including phenoxy) is 2. The minimum absolute atomic E-state index is 0.264. The molecule has 4 rings (SSSR count). The maximum atomic E-state index is 12.5. The molecular formula is C22H24N4O3. The van der Waals surface area contributed by atoms with Crippen molar-refractivity contribution in [1.82, 2.24) is 15.0 Å². The highest BCUT2D eigenvalue weighted by Gasteiger charge is 2.28. The van der Waals surface area contributed by atoms with Crippen molar-refractivity contribution in [2.45, 2.75) is 26.4 Å². The van der Waals surface area contributed by atoms with E-state index >= 15 is 0 Å². The average Bonchev–Trinajstić information content (AvgIpc) is 3.17. The van der Waals surface area contributed by atoms with E-state index in [9.17, 15) is 4.79 Å². The SMILES string of the molecule is CCOC(=O)c1nnn(Cc2ccc(OC)cc2)c1N1CCc2ccccc2C1. The molecule has 0 radical (unpaired) electrons. The summed E-state index contributed by atoms with van der Waals surface area (Å²) in [5.41, 5.74) is 3.91. The summed E-state index contributed by atoms with van der Waals surface area (Å²) in [5.74, 6) is 1.06. The number of benzene rings is 2. The van der Waals surface area contributed by atoms with Gasteiger partial charge in [0.25, 0.3) is 0 Å². The topological polar surface area (TPSA) is 69.5 Å². The van der Waals surface area contributed by atoms with Gasteiger partial charge in [-0.15, -0.1) is 5.10 Å². The highest BCUT2D eigenvalue weighted by Crippen LogP contribution is 2.27. The molecule has 2 heterocycles. The fourth-order valence-electron chi connectivity index (χ4n) is 3.64. The third-order valence-electron chi connectivity index (χ3n) is 5.10. The van der Waals surface area contributed by atoms with Crippen molar-refractivity contribution >= 4 is 11.8 Å². The third-order valence-corrected chi connectivity index (χ3v) is 5.10. The van der Waals surface area contributed by atoms with Crippen molar-refractivity contribution in [3.8, 4) is 5.75 Å². The largest absolute Gasteiger partial charge is 0.497 e. The molecule has 7 heteroatoms. The van der Waals surface area contributed by atoms with E-state index in [1.54, 1.807) is 18.7 Å². The quantitative estimate of drug-likeness (QED) is 0.601. The van der Waals surface area contributed by atoms with Crippen molar-refractivity contribution in [3.05, 3.63) is 70.9 Å². The van der Waals surface area contributed by atoms with E-state index in [0.29, 0.717) is 25.5 Å². The smallest absolute Gasteiger partial charge is 0.362 e. The molecular weight excluding hydrogens is 368 g/mol. The Morgan fingerprint density at radius 1 is 1.10 bits per heavy atom. The lowest BCUT2D eigenvalue weighted by molar-refractivity contribution is 0.0520. The van der Waals surface area contributed by atoms with Gasteiger partial charge in [-0.25, -0.2) is 9.48 Å². The number of anilines is 1. The second-order valence-electron chi connectivity index (χ2n) is 6.93. The van der Waals surface area contributed by atoms with Crippen molar-refractivity contribution in [2.75, 3.05) is 25.2 Å². The van der Waals surface area contributed by atoms with Crippen LogP contribution in [0.25, 0.3) is 0 Å². The number of carbonyl (C=O) groups excluding carboxylic acids is 1. The lowest BCUT2D eigenvalue weighted by Crippen LogP contribution is -2.33. The van der Waals surface area contributed by atoms with Gasteiger partial charge in [0.15, 0.2) is 5.82 Å². The molecule has 0 fully saturated rings. The lowest BCUT2D eigenvalue weighted by Gasteiger charge is -2.30. The first-order valence-electron chi connectivity index (χ1n) is 9.75. The summed E-state index contributed by atoms with van der Waals surface area (Å²) in [5, 5.41) is 8.45. The van der Waals surface area contributed by atoms with Crippen molar-refractivity contribution in [1.29, 1.82) is 0 Å². The molecule has 2 aromatic carbocycles. The standard InChI is InChI=1S/C22H24N4O3/c1-3-29-22(27)20-21(25-13-12-17-6-4-5-7-18(17)15-25)26(24-23-20)14-16-8-10-19(28-2)11-9-16/h4-11H,3,12-15H2,1-2H3. The molecule has 1 aliphatic rings. The van der Waals surface area contributed by atoms with Crippen LogP contribution in [0.4, 0.5) is 5.82 Å². The Labute approximate surface area is 169 Å². The van der Waals surface area contributed by atoms with Crippen LogP contribution >= 0.6 is 0 Å². The first kappa shape index (κ1) is 19.0. The summed E-state index contributed by atoms with van der Waals surface area (Å²) < 4.78 is 12.2. The van der Waals surface area contributed by atoms with Gasteiger partial charge in [-0.1, -0.05) is 41.6 Å². The Morgan fingerprint density at radius 2 is 1.86 bits per heavy atom. The second-order valence-corrected chi connectivity index (χ2v) is 6.93. The molecule has 0 aliphatic carbocycles. The van der Waals surface area contributed by atoms with E-state index in [-0.39, 0.29) is 5.69 Å². The zero-order valence-electron chi connectivity index (χ0n) is 16.7. The zero-order chi connectivity index (χ0) is 20.2. The van der Waals surface area contributed by atoms with Crippen LogP contribution in [0.1, 0.15) is 34.1 Å². The van der Waals surface area contributed by atoms with E-state index in [2.05, 4.69) is 33.4 Å². The highest BCUT2D eigenvalue weighted by molar-refractivity contribution is 5.92. The van der Waals surface area contributed by atoms with Crippen LogP contribution in [-0.4, -0.2) is 41.2 Å². The number of methoxy groups -OCH3 is 1. The van der Waals surface area contributed by atoms with Crippen LogP contribution in [0.15, 0.2) is 48.5 Å². The number of aromatic nitrogens is 3. The molecule has 7 nitrogen and oxygen atoms in total. The van der Waals surface area contributed by atoms with Gasteiger partial charge in [0.1, 0.15) is 5.75 Å². The first-order chi connectivity index (χ1) is 14.2. The zero-order valence-corrected chi connectivity index (χ0v) is 16.7. The molecule has 0 saturated carbocycles. The Bertz CT molecular complexity index is 998. The van der Waals surface area contributed by atoms with Gasteiger partial charge in [-0.3, -0.25) is 0 Å². The maximum absolute atomic E-state index is 12.5. The second kappa shape index (κ2) is 8.34. The van der Waals surface area contributed by atoms with Gasteiger partial charge in [0, 0.05) is 13.1 Å². The van der Waals surface area contributed by atoms with Gasteiger partial charge < -0.3 is 14.4 Å². The van der Waals surface area contributed by atoms with Crippen LogP contribution in [0, 0.1) is 0 Å². The van der Waals surface area contributed by atoms with Crippen LogP contribution < -0.4 is 9.64 Å². The summed E-state index contributed by atoms with van der Waals surface area (Å²) in [6.45, 7) is 4.09. The lowest BCUT2D eigenvalue weighted by atomic mass is 10.00. The highest BCUT2D eigenvalue weighted by atomic mass is 16.5. The van der Waals surface area contributed by atoms with Gasteiger partial charge in [-0.2, -0.15) is 0 Å². The predicted octanol–water partition coefficient (Wildman–Crippen LogP) is 3.07. The van der Waals surface area contributed by atoms with Gasteiger partial charge in [0.2, 0.25) is 5.69 Å². The van der Waals surface area contributed by atoms with E-state index in [1.165, 1.54) is 11.1 Å². The van der Waals surface area contributed by atoms with E-state index < -0.39 is 5.97 Å². The molecule has 0 bridgehead atoms.